The standard InChI is InChI=1S/C20H22BNO5.C2H4/c1-12-5-4-6-13(2)17(12)11-26-20(24)14(3)22-19(23)15-7-8-16-10-27-21(25)18(16)9-15;1-2/h4-9,14,25H,10-11H2,1-3H3,(H,22,23);1-2H2. The highest BCUT2D eigenvalue weighted by Gasteiger charge is 2.28. The number of carbonyl (C=O) groups is 2. The number of hydrogen-bond donors (Lipinski definition) is 2. The van der Waals surface area contributed by atoms with Gasteiger partial charge in [-0.15, -0.1) is 13.2 Å². The normalized spacial score (nSPS) is 13.0. The molecule has 29 heavy (non-hydrogen) atoms. The fraction of sp³-hybridized carbons (Fsp3) is 0.273. The molecule has 2 aromatic rings. The van der Waals surface area contributed by atoms with E-state index in [4.69, 9.17) is 9.39 Å². The first-order chi connectivity index (χ1) is 13.9. The monoisotopic (exact) mass is 395 g/mol. The smallest absolute Gasteiger partial charge is 0.459 e. The molecule has 0 aliphatic carbocycles. The van der Waals surface area contributed by atoms with Gasteiger partial charge in [-0.3, -0.25) is 4.79 Å². The van der Waals surface area contributed by atoms with Gasteiger partial charge in [-0.05, 0) is 60.6 Å². The van der Waals surface area contributed by atoms with Gasteiger partial charge in [0.05, 0.1) is 6.61 Å². The van der Waals surface area contributed by atoms with Gasteiger partial charge < -0.3 is 19.7 Å². The molecule has 0 radical (unpaired) electrons. The van der Waals surface area contributed by atoms with Crippen molar-refractivity contribution in [1.29, 1.82) is 0 Å². The Hall–Kier alpha value is -2.90. The summed E-state index contributed by atoms with van der Waals surface area (Å²) in [6.45, 7) is 12.0. The lowest BCUT2D eigenvalue weighted by molar-refractivity contribution is -0.146. The molecule has 0 bridgehead atoms. The summed E-state index contributed by atoms with van der Waals surface area (Å²) in [5.41, 5.74) is 4.86. The molecule has 0 aromatic heterocycles. The van der Waals surface area contributed by atoms with Crippen LogP contribution in [0.5, 0.6) is 0 Å². The van der Waals surface area contributed by atoms with Gasteiger partial charge in [0.1, 0.15) is 12.6 Å². The number of amides is 1. The highest BCUT2D eigenvalue weighted by Crippen LogP contribution is 2.15. The Morgan fingerprint density at radius 2 is 1.90 bits per heavy atom. The maximum atomic E-state index is 12.4. The Labute approximate surface area is 171 Å². The maximum absolute atomic E-state index is 12.4. The predicted molar refractivity (Wildman–Crippen MR) is 113 cm³/mol. The van der Waals surface area contributed by atoms with Crippen LogP contribution in [-0.4, -0.2) is 30.1 Å². The molecule has 0 fully saturated rings. The molecule has 0 saturated heterocycles. The second-order valence-electron chi connectivity index (χ2n) is 6.75. The molecule has 152 valence electrons. The summed E-state index contributed by atoms with van der Waals surface area (Å²) in [4.78, 5) is 24.7. The van der Waals surface area contributed by atoms with Crippen molar-refractivity contribution in [3.8, 4) is 0 Å². The fourth-order valence-corrected chi connectivity index (χ4v) is 3.04. The van der Waals surface area contributed by atoms with Crippen LogP contribution in [0.15, 0.2) is 49.6 Å². The first-order valence-corrected chi connectivity index (χ1v) is 9.32. The van der Waals surface area contributed by atoms with Crippen LogP contribution >= 0.6 is 0 Å². The van der Waals surface area contributed by atoms with Gasteiger partial charge in [0.15, 0.2) is 0 Å². The van der Waals surface area contributed by atoms with E-state index < -0.39 is 25.0 Å². The van der Waals surface area contributed by atoms with Gasteiger partial charge in [-0.25, -0.2) is 4.79 Å². The van der Waals surface area contributed by atoms with E-state index in [1.165, 1.54) is 0 Å². The number of esters is 1. The van der Waals surface area contributed by atoms with Crippen LogP contribution in [0.1, 0.15) is 39.5 Å². The van der Waals surface area contributed by atoms with Crippen LogP contribution in [-0.2, 0) is 27.4 Å². The first kappa shape index (κ1) is 22.4. The minimum Gasteiger partial charge on any atom is -0.459 e. The molecule has 7 heteroatoms. The van der Waals surface area contributed by atoms with Crippen LogP contribution < -0.4 is 10.8 Å². The van der Waals surface area contributed by atoms with E-state index >= 15 is 0 Å². The van der Waals surface area contributed by atoms with Crippen molar-refractivity contribution in [3.05, 3.63) is 77.4 Å². The first-order valence-electron chi connectivity index (χ1n) is 9.32. The molecule has 6 nitrogen and oxygen atoms in total. The van der Waals surface area contributed by atoms with E-state index in [1.807, 2.05) is 32.0 Å². The number of hydrogen-bond acceptors (Lipinski definition) is 5. The van der Waals surface area contributed by atoms with E-state index in [0.29, 0.717) is 17.6 Å². The van der Waals surface area contributed by atoms with Crippen LogP contribution in [0.2, 0.25) is 0 Å². The third kappa shape index (κ3) is 5.34. The van der Waals surface area contributed by atoms with Crippen molar-refractivity contribution in [1.82, 2.24) is 5.32 Å². The third-order valence-electron chi connectivity index (χ3n) is 4.78. The number of aryl methyl sites for hydroxylation is 2. The van der Waals surface area contributed by atoms with Crippen molar-refractivity contribution in [2.24, 2.45) is 0 Å². The molecule has 1 unspecified atom stereocenters. The van der Waals surface area contributed by atoms with E-state index in [2.05, 4.69) is 18.5 Å². The van der Waals surface area contributed by atoms with Crippen molar-refractivity contribution >= 4 is 24.5 Å². The van der Waals surface area contributed by atoms with E-state index in [0.717, 1.165) is 22.3 Å². The van der Waals surface area contributed by atoms with Gasteiger partial charge in [-0.2, -0.15) is 0 Å². The van der Waals surface area contributed by atoms with Gasteiger partial charge >= 0.3 is 13.1 Å². The largest absolute Gasteiger partial charge is 0.491 e. The summed E-state index contributed by atoms with van der Waals surface area (Å²) in [5.74, 6) is -0.913. The van der Waals surface area contributed by atoms with Crippen molar-refractivity contribution in [2.75, 3.05) is 0 Å². The van der Waals surface area contributed by atoms with Crippen molar-refractivity contribution in [3.63, 3.8) is 0 Å². The molecule has 1 heterocycles. The summed E-state index contributed by atoms with van der Waals surface area (Å²) in [6.07, 6.45) is 0. The Bertz CT molecular complexity index is 879. The van der Waals surface area contributed by atoms with Gasteiger partial charge in [0, 0.05) is 5.56 Å². The van der Waals surface area contributed by atoms with Crippen LogP contribution in [0, 0.1) is 13.8 Å². The summed E-state index contributed by atoms with van der Waals surface area (Å²) >= 11 is 0. The fourth-order valence-electron chi connectivity index (χ4n) is 3.04. The number of rotatable bonds is 5. The van der Waals surface area contributed by atoms with Gasteiger partial charge in [0.25, 0.3) is 5.91 Å². The molecule has 1 amide bonds. The molecule has 2 N–H and O–H groups in total. The number of carbonyl (C=O) groups excluding carboxylic acids is 2. The van der Waals surface area contributed by atoms with E-state index in [9.17, 15) is 14.6 Å². The Morgan fingerprint density at radius 3 is 2.55 bits per heavy atom. The number of benzene rings is 2. The SMILES string of the molecule is C=C.Cc1cccc(C)c1COC(=O)C(C)NC(=O)c1ccc2c(c1)B(O)OC2. The van der Waals surface area contributed by atoms with E-state index in [1.54, 1.807) is 25.1 Å². The zero-order valence-corrected chi connectivity index (χ0v) is 17.0. The Balaban J connectivity index is 0.00000145. The van der Waals surface area contributed by atoms with Crippen LogP contribution in [0.25, 0.3) is 0 Å². The zero-order valence-electron chi connectivity index (χ0n) is 17.0. The highest BCUT2D eigenvalue weighted by molar-refractivity contribution is 6.61. The predicted octanol–water partition coefficient (Wildman–Crippen LogP) is 2.19. The summed E-state index contributed by atoms with van der Waals surface area (Å²) in [7, 11) is -1.02. The van der Waals surface area contributed by atoms with Crippen molar-refractivity contribution in [2.45, 2.75) is 40.0 Å². The quantitative estimate of drug-likeness (QED) is 0.461. The molecule has 1 aliphatic rings. The number of fused-ring (bicyclic) bond motifs is 1. The molecule has 1 aliphatic heterocycles. The second kappa shape index (κ2) is 10.0. The van der Waals surface area contributed by atoms with Crippen LogP contribution in [0.3, 0.4) is 0 Å². The number of ether oxygens (including phenoxy) is 1. The molecule has 2 aromatic carbocycles. The van der Waals surface area contributed by atoms with E-state index in [-0.39, 0.29) is 6.61 Å². The minimum atomic E-state index is -1.02. The Morgan fingerprint density at radius 1 is 1.24 bits per heavy atom. The Kier molecular flexibility index (Phi) is 7.76. The highest BCUT2D eigenvalue weighted by atomic mass is 16.5. The molecule has 1 atom stereocenters. The zero-order chi connectivity index (χ0) is 21.6. The summed E-state index contributed by atoms with van der Waals surface area (Å²) in [6, 6.07) is 10.1. The summed E-state index contributed by atoms with van der Waals surface area (Å²) in [5, 5.41) is 12.4. The van der Waals surface area contributed by atoms with Crippen molar-refractivity contribution < 1.29 is 24.0 Å². The lowest BCUT2D eigenvalue weighted by atomic mass is 9.79. The lowest BCUT2D eigenvalue weighted by Gasteiger charge is -2.15. The van der Waals surface area contributed by atoms with Gasteiger partial charge in [-0.1, -0.05) is 24.3 Å². The average molecular weight is 395 g/mol. The molecule has 0 spiro atoms. The summed E-state index contributed by atoms with van der Waals surface area (Å²) < 4.78 is 10.5. The molecular weight excluding hydrogens is 369 g/mol. The third-order valence-corrected chi connectivity index (χ3v) is 4.78. The second-order valence-corrected chi connectivity index (χ2v) is 6.75. The van der Waals surface area contributed by atoms with Gasteiger partial charge in [0.2, 0.25) is 0 Å². The number of nitrogens with one attached hydrogen (secondary N) is 1. The maximum Gasteiger partial charge on any atom is 0.491 e. The minimum absolute atomic E-state index is 0.167. The lowest BCUT2D eigenvalue weighted by Crippen LogP contribution is -2.40. The molecular formula is C22H26BNO5. The van der Waals surface area contributed by atoms with Crippen LogP contribution in [0.4, 0.5) is 0 Å². The average Bonchev–Trinajstić information content (AvgIpc) is 3.09. The molecule has 0 saturated carbocycles. The topological polar surface area (TPSA) is 84.9 Å². The molecule has 3 rings (SSSR count).